The van der Waals surface area contributed by atoms with Crippen LogP contribution in [0.5, 0.6) is 5.75 Å². The Morgan fingerprint density at radius 1 is 1.17 bits per heavy atom. The Hall–Kier alpha value is -2.18. The van der Waals surface area contributed by atoms with E-state index in [1.807, 2.05) is 24.3 Å². The number of rotatable bonds is 5. The van der Waals surface area contributed by atoms with Crippen LogP contribution in [-0.4, -0.2) is 26.8 Å². The molecule has 2 aromatic rings. The molecule has 1 aliphatic rings. The van der Waals surface area contributed by atoms with Crippen molar-refractivity contribution in [2.75, 3.05) is 6.54 Å². The van der Waals surface area contributed by atoms with Crippen LogP contribution in [0.15, 0.2) is 53.4 Å². The number of ketones is 1. The maximum Gasteiger partial charge on any atom is 0.240 e. The van der Waals surface area contributed by atoms with Crippen LogP contribution in [-0.2, 0) is 16.4 Å². The highest BCUT2D eigenvalue weighted by molar-refractivity contribution is 7.89. The van der Waals surface area contributed by atoms with Crippen molar-refractivity contribution < 1.29 is 17.9 Å². The first kappa shape index (κ1) is 15.7. The highest BCUT2D eigenvalue weighted by atomic mass is 32.2. The predicted octanol–water partition coefficient (Wildman–Crippen LogP) is 2.17. The Kier molecular flexibility index (Phi) is 4.19. The number of Topliss-reactive ketones (excluding diaryl/α,β-unsaturated/α-hetero) is 1. The van der Waals surface area contributed by atoms with Gasteiger partial charge in [0.2, 0.25) is 10.0 Å². The molecule has 0 unspecified atom stereocenters. The summed E-state index contributed by atoms with van der Waals surface area (Å²) in [4.78, 5) is 11.4. The topological polar surface area (TPSA) is 72.5 Å². The van der Waals surface area contributed by atoms with E-state index < -0.39 is 10.0 Å². The van der Waals surface area contributed by atoms with Gasteiger partial charge in [0.05, 0.1) is 4.90 Å². The monoisotopic (exact) mass is 331 g/mol. The summed E-state index contributed by atoms with van der Waals surface area (Å²) in [5.41, 5.74) is 1.57. The van der Waals surface area contributed by atoms with Crippen LogP contribution in [0, 0.1) is 0 Å². The number of carbonyl (C=O) groups excluding carboxylic acids is 1. The molecule has 0 saturated carbocycles. The molecule has 6 heteroatoms. The highest BCUT2D eigenvalue weighted by Crippen LogP contribution is 2.27. The van der Waals surface area contributed by atoms with Gasteiger partial charge in [-0.05, 0) is 30.7 Å². The van der Waals surface area contributed by atoms with Gasteiger partial charge in [0.25, 0.3) is 0 Å². The Labute approximate surface area is 135 Å². The first-order chi connectivity index (χ1) is 11.0. The Balaban J connectivity index is 1.65. The van der Waals surface area contributed by atoms with Crippen molar-refractivity contribution in [2.45, 2.75) is 24.3 Å². The molecule has 0 aromatic heterocycles. The Morgan fingerprint density at radius 3 is 2.52 bits per heavy atom. The molecule has 120 valence electrons. The van der Waals surface area contributed by atoms with Crippen molar-refractivity contribution >= 4 is 15.8 Å². The average Bonchev–Trinajstić information content (AvgIpc) is 2.96. The predicted molar refractivity (Wildman–Crippen MR) is 86.2 cm³/mol. The summed E-state index contributed by atoms with van der Waals surface area (Å²) in [6.45, 7) is 1.64. The van der Waals surface area contributed by atoms with Crippen molar-refractivity contribution in [1.82, 2.24) is 4.72 Å². The molecule has 0 saturated heterocycles. The molecule has 0 bridgehead atoms. The van der Waals surface area contributed by atoms with E-state index in [0.29, 0.717) is 12.0 Å². The molecular formula is C17H17NO4S. The summed E-state index contributed by atoms with van der Waals surface area (Å²) in [5, 5.41) is 0. The number of ether oxygens (including phenoxy) is 1. The number of fused-ring (bicyclic) bond motifs is 1. The van der Waals surface area contributed by atoms with E-state index in [1.165, 1.54) is 31.2 Å². The second-order valence-electron chi connectivity index (χ2n) is 5.48. The van der Waals surface area contributed by atoms with E-state index in [9.17, 15) is 13.2 Å². The number of hydrogen-bond acceptors (Lipinski definition) is 4. The van der Waals surface area contributed by atoms with Crippen LogP contribution < -0.4 is 9.46 Å². The van der Waals surface area contributed by atoms with Gasteiger partial charge in [-0.1, -0.05) is 30.3 Å². The Bertz CT molecular complexity index is 803. The lowest BCUT2D eigenvalue weighted by molar-refractivity contribution is 0.101. The van der Waals surface area contributed by atoms with Crippen LogP contribution in [0.2, 0.25) is 0 Å². The van der Waals surface area contributed by atoms with Crippen molar-refractivity contribution in [3.05, 3.63) is 59.7 Å². The lowest BCUT2D eigenvalue weighted by Gasteiger charge is -2.12. The van der Waals surface area contributed by atoms with Gasteiger partial charge < -0.3 is 4.74 Å². The normalized spacial score (nSPS) is 16.7. The van der Waals surface area contributed by atoms with Gasteiger partial charge in [-0.15, -0.1) is 0 Å². The first-order valence-corrected chi connectivity index (χ1v) is 8.79. The molecule has 0 amide bonds. The smallest absolute Gasteiger partial charge is 0.240 e. The quantitative estimate of drug-likeness (QED) is 0.852. The minimum Gasteiger partial charge on any atom is -0.488 e. The fourth-order valence-corrected chi connectivity index (χ4v) is 3.59. The fraction of sp³-hybridized carbons (Fsp3) is 0.235. The standard InChI is InChI=1S/C17H17NO4S/c1-12(19)13-6-8-16(9-7-13)23(20,21)18-11-15-10-14-4-2-3-5-17(14)22-15/h2-9,15,18H,10-11H2,1H3/t15-/m0/s1. The molecule has 23 heavy (non-hydrogen) atoms. The number of sulfonamides is 1. The summed E-state index contributed by atoms with van der Waals surface area (Å²) in [5.74, 6) is 0.710. The summed E-state index contributed by atoms with van der Waals surface area (Å²) in [7, 11) is -3.62. The average molecular weight is 331 g/mol. The second kappa shape index (κ2) is 6.14. The molecule has 2 aromatic carbocycles. The summed E-state index contributed by atoms with van der Waals surface area (Å²) in [6.07, 6.45) is 0.473. The largest absolute Gasteiger partial charge is 0.488 e. The van der Waals surface area contributed by atoms with E-state index in [-0.39, 0.29) is 23.3 Å². The van der Waals surface area contributed by atoms with Gasteiger partial charge in [0, 0.05) is 18.5 Å². The van der Waals surface area contributed by atoms with Gasteiger partial charge in [0.15, 0.2) is 5.78 Å². The zero-order valence-electron chi connectivity index (χ0n) is 12.7. The van der Waals surface area contributed by atoms with Crippen molar-refractivity contribution in [3.63, 3.8) is 0 Å². The molecule has 0 fully saturated rings. The molecule has 1 atom stereocenters. The van der Waals surface area contributed by atoms with Crippen molar-refractivity contribution in [2.24, 2.45) is 0 Å². The number of benzene rings is 2. The SMILES string of the molecule is CC(=O)c1ccc(S(=O)(=O)NC[C@@H]2Cc3ccccc3O2)cc1. The summed E-state index contributed by atoms with van der Waals surface area (Å²) >= 11 is 0. The maximum absolute atomic E-state index is 12.3. The van der Waals surface area contributed by atoms with E-state index in [1.54, 1.807) is 0 Å². The minimum absolute atomic E-state index is 0.0981. The molecule has 3 rings (SSSR count). The highest BCUT2D eigenvalue weighted by Gasteiger charge is 2.24. The van der Waals surface area contributed by atoms with Gasteiger partial charge in [-0.2, -0.15) is 0 Å². The molecule has 1 N–H and O–H groups in total. The molecule has 0 spiro atoms. The van der Waals surface area contributed by atoms with Gasteiger partial charge >= 0.3 is 0 Å². The van der Waals surface area contributed by atoms with Crippen molar-refractivity contribution in [3.8, 4) is 5.75 Å². The summed E-state index contributed by atoms with van der Waals surface area (Å²) < 4.78 is 32.9. The third kappa shape index (κ3) is 3.43. The van der Waals surface area contributed by atoms with Gasteiger partial charge in [-0.25, -0.2) is 13.1 Å². The van der Waals surface area contributed by atoms with Crippen LogP contribution in [0.4, 0.5) is 0 Å². The van der Waals surface area contributed by atoms with Crippen LogP contribution in [0.3, 0.4) is 0 Å². The maximum atomic E-state index is 12.3. The minimum atomic E-state index is -3.62. The van der Waals surface area contributed by atoms with Crippen molar-refractivity contribution in [1.29, 1.82) is 0 Å². The second-order valence-corrected chi connectivity index (χ2v) is 7.25. The summed E-state index contributed by atoms with van der Waals surface area (Å²) in [6, 6.07) is 13.6. The lowest BCUT2D eigenvalue weighted by atomic mass is 10.1. The molecule has 0 radical (unpaired) electrons. The molecule has 1 aliphatic heterocycles. The van der Waals surface area contributed by atoms with Crippen LogP contribution in [0.1, 0.15) is 22.8 Å². The van der Waals surface area contributed by atoms with Gasteiger partial charge in [-0.3, -0.25) is 4.79 Å². The van der Waals surface area contributed by atoms with E-state index >= 15 is 0 Å². The zero-order valence-corrected chi connectivity index (χ0v) is 13.5. The Morgan fingerprint density at radius 2 is 1.87 bits per heavy atom. The van der Waals surface area contributed by atoms with Crippen LogP contribution >= 0.6 is 0 Å². The molecule has 1 heterocycles. The fourth-order valence-electron chi connectivity index (χ4n) is 2.52. The number of hydrogen-bond donors (Lipinski definition) is 1. The molecule has 5 nitrogen and oxygen atoms in total. The number of nitrogens with one attached hydrogen (secondary N) is 1. The van der Waals surface area contributed by atoms with Crippen LogP contribution in [0.25, 0.3) is 0 Å². The molecule has 0 aliphatic carbocycles. The molecular weight excluding hydrogens is 314 g/mol. The van der Waals surface area contributed by atoms with E-state index in [0.717, 1.165) is 11.3 Å². The zero-order chi connectivity index (χ0) is 16.4. The number of carbonyl (C=O) groups is 1. The van der Waals surface area contributed by atoms with Gasteiger partial charge in [0.1, 0.15) is 11.9 Å². The van der Waals surface area contributed by atoms with E-state index in [4.69, 9.17) is 4.74 Å². The lowest BCUT2D eigenvalue weighted by Crippen LogP contribution is -2.34. The number of para-hydroxylation sites is 1. The third-order valence-electron chi connectivity index (χ3n) is 3.79. The first-order valence-electron chi connectivity index (χ1n) is 7.31. The van der Waals surface area contributed by atoms with E-state index in [2.05, 4.69) is 4.72 Å². The third-order valence-corrected chi connectivity index (χ3v) is 5.23.